The van der Waals surface area contributed by atoms with Gasteiger partial charge in [0.1, 0.15) is 5.82 Å². The Morgan fingerprint density at radius 1 is 1.17 bits per heavy atom. The Bertz CT molecular complexity index is 612. The van der Waals surface area contributed by atoms with E-state index in [2.05, 4.69) is 30.6 Å². The van der Waals surface area contributed by atoms with Gasteiger partial charge in [0.25, 0.3) is 0 Å². The van der Waals surface area contributed by atoms with Gasteiger partial charge in [-0.05, 0) is 36.3 Å². The van der Waals surface area contributed by atoms with Crippen molar-refractivity contribution in [1.82, 2.24) is 4.90 Å². The summed E-state index contributed by atoms with van der Waals surface area (Å²) >= 11 is 0. The third-order valence-electron chi connectivity index (χ3n) is 6.29. The summed E-state index contributed by atoms with van der Waals surface area (Å²) in [7, 11) is 0. The normalized spacial score (nSPS) is 25.6. The predicted octanol–water partition coefficient (Wildman–Crippen LogP) is 4.38. The number of aliphatic hydroxyl groups is 1. The van der Waals surface area contributed by atoms with Gasteiger partial charge in [0.05, 0.1) is 24.5 Å². The van der Waals surface area contributed by atoms with E-state index >= 15 is 0 Å². The second kappa shape index (κ2) is 11.7. The minimum absolute atomic E-state index is 0. The summed E-state index contributed by atoms with van der Waals surface area (Å²) in [5.41, 5.74) is 0.868. The third kappa shape index (κ3) is 7.25. The van der Waals surface area contributed by atoms with E-state index in [1.807, 2.05) is 12.1 Å². The molecule has 4 nitrogen and oxygen atoms in total. The first-order valence-corrected chi connectivity index (χ1v) is 10.4. The zero-order valence-electron chi connectivity index (χ0n) is 17.8. The van der Waals surface area contributed by atoms with Gasteiger partial charge in [0, 0.05) is 32.7 Å². The molecule has 0 spiro atoms. The SMILES string of the molecule is CC1CCC(C)(C)C(OCC(O)CN2CCN(c3ccccc3F)CC2)C1.Cl.Cl. The van der Waals surface area contributed by atoms with Crippen LogP contribution >= 0.6 is 24.8 Å². The van der Waals surface area contributed by atoms with Crippen molar-refractivity contribution in [2.75, 3.05) is 44.2 Å². The lowest BCUT2D eigenvalue weighted by molar-refractivity contribution is -0.0922. The quantitative estimate of drug-likeness (QED) is 0.696. The van der Waals surface area contributed by atoms with E-state index in [1.165, 1.54) is 18.9 Å². The van der Waals surface area contributed by atoms with Crippen LogP contribution in [0, 0.1) is 17.2 Å². The van der Waals surface area contributed by atoms with Gasteiger partial charge < -0.3 is 14.7 Å². The zero-order chi connectivity index (χ0) is 19.4. The number of nitrogens with zero attached hydrogens (tertiary/aromatic N) is 2. The van der Waals surface area contributed by atoms with Crippen LogP contribution in [0.3, 0.4) is 0 Å². The van der Waals surface area contributed by atoms with E-state index in [-0.39, 0.29) is 42.2 Å². The highest BCUT2D eigenvalue weighted by Crippen LogP contribution is 2.40. The van der Waals surface area contributed by atoms with Crippen molar-refractivity contribution in [3.05, 3.63) is 30.1 Å². The zero-order valence-corrected chi connectivity index (χ0v) is 19.5. The molecule has 1 aromatic carbocycles. The molecule has 2 fully saturated rings. The molecule has 2 aliphatic rings. The van der Waals surface area contributed by atoms with Gasteiger partial charge in [0.2, 0.25) is 0 Å². The Hall–Kier alpha value is -0.590. The van der Waals surface area contributed by atoms with Crippen LogP contribution in [0.2, 0.25) is 0 Å². The molecule has 0 amide bonds. The number of hydrogen-bond acceptors (Lipinski definition) is 4. The van der Waals surface area contributed by atoms with Crippen molar-refractivity contribution in [2.24, 2.45) is 11.3 Å². The molecule has 1 aromatic rings. The van der Waals surface area contributed by atoms with Crippen molar-refractivity contribution in [1.29, 1.82) is 0 Å². The summed E-state index contributed by atoms with van der Waals surface area (Å²) in [4.78, 5) is 4.33. The first kappa shape index (κ1) is 26.4. The van der Waals surface area contributed by atoms with Gasteiger partial charge in [-0.25, -0.2) is 4.39 Å². The topological polar surface area (TPSA) is 35.9 Å². The molecule has 0 radical (unpaired) electrons. The fourth-order valence-electron chi connectivity index (χ4n) is 4.33. The average Bonchev–Trinajstić information content (AvgIpc) is 2.64. The van der Waals surface area contributed by atoms with Crippen molar-refractivity contribution < 1.29 is 14.2 Å². The summed E-state index contributed by atoms with van der Waals surface area (Å²) in [6, 6.07) is 6.94. The number of para-hydroxylation sites is 1. The highest BCUT2D eigenvalue weighted by molar-refractivity contribution is 5.85. The van der Waals surface area contributed by atoms with E-state index in [9.17, 15) is 9.50 Å². The van der Waals surface area contributed by atoms with E-state index in [0.717, 1.165) is 32.6 Å². The molecule has 0 aromatic heterocycles. The Morgan fingerprint density at radius 2 is 1.83 bits per heavy atom. The molecular formula is C22H37Cl2FN2O2. The fraction of sp³-hybridized carbons (Fsp3) is 0.727. The van der Waals surface area contributed by atoms with Gasteiger partial charge in [-0.15, -0.1) is 24.8 Å². The Balaban J connectivity index is 0.00000210. The number of rotatable bonds is 6. The van der Waals surface area contributed by atoms with Crippen molar-refractivity contribution in [3.8, 4) is 0 Å². The summed E-state index contributed by atoms with van der Waals surface area (Å²) in [5.74, 6) is 0.537. The molecule has 3 rings (SSSR count). The van der Waals surface area contributed by atoms with Crippen LogP contribution in [-0.4, -0.2) is 61.5 Å². The molecule has 0 bridgehead atoms. The maximum absolute atomic E-state index is 13.9. The molecule has 1 aliphatic carbocycles. The van der Waals surface area contributed by atoms with Crippen LogP contribution < -0.4 is 4.90 Å². The number of ether oxygens (including phenoxy) is 1. The van der Waals surface area contributed by atoms with Crippen molar-refractivity contribution in [2.45, 2.75) is 52.2 Å². The summed E-state index contributed by atoms with van der Waals surface area (Å²) < 4.78 is 20.1. The summed E-state index contributed by atoms with van der Waals surface area (Å²) in [6.07, 6.45) is 3.29. The van der Waals surface area contributed by atoms with Crippen molar-refractivity contribution >= 4 is 30.5 Å². The number of halogens is 3. The van der Waals surface area contributed by atoms with Gasteiger partial charge in [-0.2, -0.15) is 0 Å². The predicted molar refractivity (Wildman–Crippen MR) is 122 cm³/mol. The van der Waals surface area contributed by atoms with E-state index < -0.39 is 6.10 Å². The number of benzene rings is 1. The first-order valence-electron chi connectivity index (χ1n) is 10.4. The Morgan fingerprint density at radius 3 is 2.48 bits per heavy atom. The van der Waals surface area contributed by atoms with Crippen molar-refractivity contribution in [3.63, 3.8) is 0 Å². The molecule has 29 heavy (non-hydrogen) atoms. The lowest BCUT2D eigenvalue weighted by Crippen LogP contribution is -2.49. The summed E-state index contributed by atoms with van der Waals surface area (Å²) in [5, 5.41) is 10.5. The second-order valence-electron chi connectivity index (χ2n) is 9.08. The number of piperazine rings is 1. The standard InChI is InChI=1S/C22H35FN2O2.2ClH/c1-17-8-9-22(2,3)21(14-17)27-16-18(26)15-24-10-12-25(13-11-24)20-7-5-4-6-19(20)23;;/h4-7,17-18,21,26H,8-16H2,1-3H3;2*1H. The Labute approximate surface area is 187 Å². The smallest absolute Gasteiger partial charge is 0.146 e. The maximum Gasteiger partial charge on any atom is 0.146 e. The van der Waals surface area contributed by atoms with E-state index in [4.69, 9.17) is 4.74 Å². The molecule has 3 atom stereocenters. The lowest BCUT2D eigenvalue weighted by atomic mass is 9.71. The third-order valence-corrected chi connectivity index (χ3v) is 6.29. The van der Waals surface area contributed by atoms with Crippen LogP contribution in [0.4, 0.5) is 10.1 Å². The largest absolute Gasteiger partial charge is 0.389 e. The number of β-amino-alcohol motifs (C(OH)–C–C–N with tert-alkyl or cyclic N) is 1. The minimum atomic E-state index is -0.474. The Kier molecular flexibility index (Phi) is 10.7. The molecule has 168 valence electrons. The van der Waals surface area contributed by atoms with Crippen LogP contribution in [0.25, 0.3) is 0 Å². The monoisotopic (exact) mass is 450 g/mol. The van der Waals surface area contributed by atoms with Crippen LogP contribution in [0.15, 0.2) is 24.3 Å². The molecule has 7 heteroatoms. The average molecular weight is 451 g/mol. The molecular weight excluding hydrogens is 414 g/mol. The number of anilines is 1. The molecule has 1 heterocycles. The molecule has 3 unspecified atom stereocenters. The number of hydrogen-bond donors (Lipinski definition) is 1. The lowest BCUT2D eigenvalue weighted by Gasteiger charge is -2.41. The first-order chi connectivity index (χ1) is 12.8. The fourth-order valence-corrected chi connectivity index (χ4v) is 4.33. The van der Waals surface area contributed by atoms with Gasteiger partial charge >= 0.3 is 0 Å². The molecule has 1 saturated heterocycles. The van der Waals surface area contributed by atoms with Gasteiger partial charge in [-0.3, -0.25) is 4.90 Å². The van der Waals surface area contributed by atoms with E-state index in [0.29, 0.717) is 24.8 Å². The summed E-state index contributed by atoms with van der Waals surface area (Å²) in [6.45, 7) is 11.1. The molecule has 1 N–H and O–H groups in total. The van der Waals surface area contributed by atoms with Crippen LogP contribution in [0.1, 0.15) is 40.0 Å². The number of aliphatic hydroxyl groups excluding tert-OH is 1. The second-order valence-corrected chi connectivity index (χ2v) is 9.08. The highest BCUT2D eigenvalue weighted by atomic mass is 35.5. The van der Waals surface area contributed by atoms with Gasteiger partial charge in [-0.1, -0.05) is 39.3 Å². The molecule has 1 saturated carbocycles. The van der Waals surface area contributed by atoms with E-state index in [1.54, 1.807) is 6.07 Å². The van der Waals surface area contributed by atoms with Crippen LogP contribution in [-0.2, 0) is 4.74 Å². The molecule has 1 aliphatic heterocycles. The van der Waals surface area contributed by atoms with Gasteiger partial charge in [0.15, 0.2) is 0 Å². The van der Waals surface area contributed by atoms with Crippen LogP contribution in [0.5, 0.6) is 0 Å². The minimum Gasteiger partial charge on any atom is -0.389 e. The highest BCUT2D eigenvalue weighted by Gasteiger charge is 2.36. The maximum atomic E-state index is 13.9.